The summed E-state index contributed by atoms with van der Waals surface area (Å²) >= 11 is 0. The largest absolute Gasteiger partial charge is 0.390 e. The van der Waals surface area contributed by atoms with E-state index in [-0.39, 0.29) is 0 Å². The maximum absolute atomic E-state index is 10.3. The van der Waals surface area contributed by atoms with Gasteiger partial charge in [0.25, 0.3) is 0 Å². The molecule has 0 saturated carbocycles. The lowest BCUT2D eigenvalue weighted by molar-refractivity contribution is -0.948. The number of hydrogen-bond acceptors (Lipinski definition) is 1. The van der Waals surface area contributed by atoms with Crippen molar-refractivity contribution in [1.29, 1.82) is 0 Å². The molecule has 2 heteroatoms. The van der Waals surface area contributed by atoms with Gasteiger partial charge in [0.15, 0.2) is 0 Å². The van der Waals surface area contributed by atoms with Crippen molar-refractivity contribution in [3.63, 3.8) is 0 Å². The highest BCUT2D eigenvalue weighted by Crippen LogP contribution is 2.40. The fourth-order valence-corrected chi connectivity index (χ4v) is 3.91. The Balaban J connectivity index is 2.19. The summed E-state index contributed by atoms with van der Waals surface area (Å²) in [7, 11) is 2.40. The van der Waals surface area contributed by atoms with Gasteiger partial charge in [-0.1, -0.05) is 0 Å². The third-order valence-electron chi connectivity index (χ3n) is 4.78. The van der Waals surface area contributed by atoms with E-state index in [2.05, 4.69) is 7.05 Å². The van der Waals surface area contributed by atoms with Crippen LogP contribution in [0.25, 0.3) is 0 Å². The fourth-order valence-electron chi connectivity index (χ4n) is 3.91. The molecule has 0 amide bonds. The molecule has 2 rings (SSSR count). The molecule has 2 saturated heterocycles. The van der Waals surface area contributed by atoms with Crippen molar-refractivity contribution in [2.45, 2.75) is 57.6 Å². The maximum Gasteiger partial charge on any atom is 0.0944 e. The minimum Gasteiger partial charge on any atom is -0.390 e. The van der Waals surface area contributed by atoms with Gasteiger partial charge in [-0.2, -0.15) is 0 Å². The van der Waals surface area contributed by atoms with Crippen molar-refractivity contribution in [3.05, 3.63) is 0 Å². The summed E-state index contributed by atoms with van der Waals surface area (Å²) in [5.74, 6) is 0.511. The van der Waals surface area contributed by atoms with Crippen LogP contribution >= 0.6 is 0 Å². The highest BCUT2D eigenvalue weighted by atomic mass is 16.3. The van der Waals surface area contributed by atoms with E-state index in [1.165, 1.54) is 49.7 Å². The summed E-state index contributed by atoms with van der Waals surface area (Å²) in [6.07, 6.45) is 6.59. The quantitative estimate of drug-likeness (QED) is 0.660. The molecule has 15 heavy (non-hydrogen) atoms. The topological polar surface area (TPSA) is 20.2 Å². The maximum atomic E-state index is 10.3. The zero-order valence-electron chi connectivity index (χ0n) is 10.5. The molecule has 1 N–H and O–H groups in total. The molecular formula is C13H26NO+. The van der Waals surface area contributed by atoms with Crippen LogP contribution in [0.4, 0.5) is 0 Å². The van der Waals surface area contributed by atoms with E-state index in [0.29, 0.717) is 12.0 Å². The molecular weight excluding hydrogens is 186 g/mol. The second kappa shape index (κ2) is 3.74. The standard InChI is InChI=1S/C13H26NO/c1-13(2,15)11-7-6-10-14(3)9-5-4-8-12(11)14/h11-12,15H,4-10H2,1-3H3/q+1. The minimum atomic E-state index is -0.484. The van der Waals surface area contributed by atoms with Gasteiger partial charge in [0.1, 0.15) is 0 Å². The van der Waals surface area contributed by atoms with E-state index in [4.69, 9.17) is 0 Å². The Labute approximate surface area is 93.9 Å². The highest BCUT2D eigenvalue weighted by Gasteiger charge is 2.48. The van der Waals surface area contributed by atoms with Gasteiger partial charge in [0.05, 0.1) is 31.8 Å². The lowest BCUT2D eigenvalue weighted by Gasteiger charge is -2.53. The normalized spacial score (nSPS) is 42.4. The molecule has 2 nitrogen and oxygen atoms in total. The summed E-state index contributed by atoms with van der Waals surface area (Å²) in [4.78, 5) is 0. The average Bonchev–Trinajstić information content (AvgIpc) is 2.14. The van der Waals surface area contributed by atoms with Gasteiger partial charge >= 0.3 is 0 Å². The van der Waals surface area contributed by atoms with Crippen LogP contribution in [-0.2, 0) is 0 Å². The number of fused-ring (bicyclic) bond motifs is 1. The molecule has 0 aromatic heterocycles. The highest BCUT2D eigenvalue weighted by molar-refractivity contribution is 4.88. The number of piperidine rings is 2. The molecule has 2 fully saturated rings. The Morgan fingerprint density at radius 1 is 1.07 bits per heavy atom. The van der Waals surface area contributed by atoms with Crippen LogP contribution in [0, 0.1) is 5.92 Å². The monoisotopic (exact) mass is 212 g/mol. The van der Waals surface area contributed by atoms with Crippen LogP contribution in [0.2, 0.25) is 0 Å². The van der Waals surface area contributed by atoms with E-state index < -0.39 is 5.60 Å². The molecule has 3 unspecified atom stereocenters. The smallest absolute Gasteiger partial charge is 0.0944 e. The molecule has 2 aliphatic rings. The van der Waals surface area contributed by atoms with E-state index in [1.54, 1.807) is 0 Å². The predicted molar refractivity (Wildman–Crippen MR) is 62.6 cm³/mol. The molecule has 88 valence electrons. The Bertz CT molecular complexity index is 229. The van der Waals surface area contributed by atoms with Crippen molar-refractivity contribution in [2.24, 2.45) is 5.92 Å². The summed E-state index contributed by atoms with van der Waals surface area (Å²) in [6, 6.07) is 0.715. The van der Waals surface area contributed by atoms with E-state index in [9.17, 15) is 5.11 Å². The number of rotatable bonds is 1. The van der Waals surface area contributed by atoms with Crippen molar-refractivity contribution in [3.8, 4) is 0 Å². The van der Waals surface area contributed by atoms with Crippen molar-refractivity contribution in [2.75, 3.05) is 20.1 Å². The van der Waals surface area contributed by atoms with Gasteiger partial charge < -0.3 is 9.59 Å². The van der Waals surface area contributed by atoms with Crippen molar-refractivity contribution in [1.82, 2.24) is 0 Å². The zero-order valence-corrected chi connectivity index (χ0v) is 10.5. The van der Waals surface area contributed by atoms with Crippen LogP contribution in [0.1, 0.15) is 46.0 Å². The van der Waals surface area contributed by atoms with Crippen LogP contribution in [0.3, 0.4) is 0 Å². The second-order valence-corrected chi connectivity index (χ2v) is 6.39. The minimum absolute atomic E-state index is 0.484. The van der Waals surface area contributed by atoms with Gasteiger partial charge in [0, 0.05) is 12.3 Å². The van der Waals surface area contributed by atoms with E-state index in [1.807, 2.05) is 13.8 Å². The zero-order chi connectivity index (χ0) is 11.1. The first-order chi connectivity index (χ1) is 6.93. The predicted octanol–water partition coefficient (Wildman–Crippen LogP) is 2.17. The van der Waals surface area contributed by atoms with Gasteiger partial charge in [-0.25, -0.2) is 0 Å². The fraction of sp³-hybridized carbons (Fsp3) is 1.00. The summed E-state index contributed by atoms with van der Waals surface area (Å²) in [5.41, 5.74) is -0.484. The average molecular weight is 212 g/mol. The Hall–Kier alpha value is -0.0800. The number of nitrogens with zero attached hydrogens (tertiary/aromatic N) is 1. The SMILES string of the molecule is CC(C)(O)C1CCC[N+]2(C)CCCCC12. The van der Waals surface area contributed by atoms with E-state index >= 15 is 0 Å². The number of aliphatic hydroxyl groups is 1. The van der Waals surface area contributed by atoms with Gasteiger partial charge in [-0.3, -0.25) is 0 Å². The summed E-state index contributed by atoms with van der Waals surface area (Å²) in [5, 5.41) is 10.3. The third kappa shape index (κ3) is 2.07. The summed E-state index contributed by atoms with van der Waals surface area (Å²) in [6.45, 7) is 6.67. The number of hydrogen-bond donors (Lipinski definition) is 1. The van der Waals surface area contributed by atoms with Crippen molar-refractivity contribution >= 4 is 0 Å². The van der Waals surface area contributed by atoms with Crippen LogP contribution in [-0.4, -0.2) is 41.4 Å². The molecule has 0 radical (unpaired) electrons. The van der Waals surface area contributed by atoms with Crippen LogP contribution < -0.4 is 0 Å². The Morgan fingerprint density at radius 2 is 1.73 bits per heavy atom. The van der Waals surface area contributed by atoms with Gasteiger partial charge in [0.2, 0.25) is 0 Å². The third-order valence-corrected chi connectivity index (χ3v) is 4.78. The Morgan fingerprint density at radius 3 is 2.40 bits per heavy atom. The number of quaternary nitrogens is 1. The molecule has 2 aliphatic heterocycles. The van der Waals surface area contributed by atoms with Gasteiger partial charge in [-0.15, -0.1) is 0 Å². The molecule has 0 aromatic carbocycles. The lowest BCUT2D eigenvalue weighted by Crippen LogP contribution is -2.64. The second-order valence-electron chi connectivity index (χ2n) is 6.39. The molecule has 0 aliphatic carbocycles. The van der Waals surface area contributed by atoms with E-state index in [0.717, 1.165) is 0 Å². The Kier molecular flexibility index (Phi) is 2.85. The lowest BCUT2D eigenvalue weighted by atomic mass is 9.73. The molecule has 0 aromatic rings. The first-order valence-corrected chi connectivity index (χ1v) is 6.50. The molecule has 3 atom stereocenters. The summed E-state index contributed by atoms with van der Waals surface area (Å²) < 4.78 is 1.23. The van der Waals surface area contributed by atoms with Crippen LogP contribution in [0.15, 0.2) is 0 Å². The molecule has 0 spiro atoms. The first kappa shape index (κ1) is 11.4. The molecule has 0 bridgehead atoms. The molecule has 2 heterocycles. The van der Waals surface area contributed by atoms with Crippen molar-refractivity contribution < 1.29 is 9.59 Å². The first-order valence-electron chi connectivity index (χ1n) is 6.50. The van der Waals surface area contributed by atoms with Gasteiger partial charge in [-0.05, 0) is 39.5 Å². The van der Waals surface area contributed by atoms with Crippen LogP contribution in [0.5, 0.6) is 0 Å².